The van der Waals surface area contributed by atoms with Gasteiger partial charge < -0.3 is 5.32 Å². The fourth-order valence-corrected chi connectivity index (χ4v) is 2.71. The summed E-state index contributed by atoms with van der Waals surface area (Å²) < 4.78 is 15.9. The first-order chi connectivity index (χ1) is 8.25. The molecule has 1 N–H and O–H groups in total. The lowest BCUT2D eigenvalue weighted by atomic mass is 10.1. The molecule has 1 aliphatic rings. The highest BCUT2D eigenvalue weighted by atomic mass is 79.9. The molecule has 5 heteroatoms. The largest absolute Gasteiger partial charge is 0.317 e. The normalized spacial score (nSPS) is 17.8. The van der Waals surface area contributed by atoms with Crippen LogP contribution in [-0.4, -0.2) is 22.9 Å². The zero-order chi connectivity index (χ0) is 11.8. The van der Waals surface area contributed by atoms with Crippen molar-refractivity contribution in [3.8, 4) is 0 Å². The quantitative estimate of drug-likeness (QED) is 0.877. The summed E-state index contributed by atoms with van der Waals surface area (Å²) in [6.07, 6.45) is 3.89. The third kappa shape index (κ3) is 1.98. The van der Waals surface area contributed by atoms with E-state index in [1.54, 1.807) is 6.20 Å². The number of piperidine rings is 1. The Labute approximate surface area is 107 Å². The Balaban J connectivity index is 2.07. The van der Waals surface area contributed by atoms with Gasteiger partial charge in [-0.3, -0.25) is 4.68 Å². The molecule has 2 heterocycles. The molecule has 1 aromatic heterocycles. The van der Waals surface area contributed by atoms with Gasteiger partial charge in [-0.15, -0.1) is 0 Å². The number of hydrogen-bond acceptors (Lipinski definition) is 2. The summed E-state index contributed by atoms with van der Waals surface area (Å²) in [4.78, 5) is 0. The summed E-state index contributed by atoms with van der Waals surface area (Å²) in [7, 11) is 0. The van der Waals surface area contributed by atoms with E-state index in [1.807, 2.05) is 10.7 Å². The number of nitrogens with zero attached hydrogens (tertiary/aromatic N) is 2. The van der Waals surface area contributed by atoms with E-state index in [4.69, 9.17) is 0 Å². The minimum atomic E-state index is -0.234. The van der Waals surface area contributed by atoms with E-state index in [1.165, 1.54) is 6.07 Å². The summed E-state index contributed by atoms with van der Waals surface area (Å²) in [5.74, 6) is -0.234. The molecule has 0 bridgehead atoms. The number of rotatable bonds is 1. The first-order valence-electron chi connectivity index (χ1n) is 5.78. The molecular weight excluding hydrogens is 285 g/mol. The Hall–Kier alpha value is -0.940. The fraction of sp³-hybridized carbons (Fsp3) is 0.417. The van der Waals surface area contributed by atoms with Crippen LogP contribution in [0.5, 0.6) is 0 Å². The number of fused-ring (bicyclic) bond motifs is 1. The van der Waals surface area contributed by atoms with Crippen LogP contribution < -0.4 is 5.32 Å². The Morgan fingerprint density at radius 1 is 1.35 bits per heavy atom. The number of halogens is 2. The molecule has 1 saturated heterocycles. The van der Waals surface area contributed by atoms with E-state index >= 15 is 0 Å². The molecular formula is C12H13BrFN3. The third-order valence-corrected chi connectivity index (χ3v) is 3.90. The molecule has 0 saturated carbocycles. The predicted molar refractivity (Wildman–Crippen MR) is 68.5 cm³/mol. The van der Waals surface area contributed by atoms with E-state index in [0.717, 1.165) is 36.8 Å². The highest BCUT2D eigenvalue weighted by molar-refractivity contribution is 9.10. The van der Waals surface area contributed by atoms with E-state index in [9.17, 15) is 4.39 Å². The molecule has 90 valence electrons. The van der Waals surface area contributed by atoms with Gasteiger partial charge in [0.1, 0.15) is 5.82 Å². The van der Waals surface area contributed by atoms with Crippen LogP contribution in [0.25, 0.3) is 10.9 Å². The van der Waals surface area contributed by atoms with Crippen molar-refractivity contribution in [3.05, 3.63) is 28.6 Å². The summed E-state index contributed by atoms with van der Waals surface area (Å²) in [6.45, 7) is 2.04. The SMILES string of the molecule is Fc1cc2cnn(C3CCNCC3)c2cc1Br. The molecule has 1 aliphatic heterocycles. The second-order valence-electron chi connectivity index (χ2n) is 4.40. The van der Waals surface area contributed by atoms with E-state index in [0.29, 0.717) is 10.5 Å². The lowest BCUT2D eigenvalue weighted by Gasteiger charge is -2.23. The lowest BCUT2D eigenvalue weighted by Crippen LogP contribution is -2.29. The Morgan fingerprint density at radius 3 is 2.88 bits per heavy atom. The Kier molecular flexibility index (Phi) is 2.88. The number of nitrogens with one attached hydrogen (secondary N) is 1. The molecule has 1 aromatic carbocycles. The maximum atomic E-state index is 13.4. The van der Waals surface area contributed by atoms with Crippen molar-refractivity contribution in [2.75, 3.05) is 13.1 Å². The van der Waals surface area contributed by atoms with Crippen LogP contribution in [0.4, 0.5) is 4.39 Å². The second kappa shape index (κ2) is 4.38. The van der Waals surface area contributed by atoms with Crippen molar-refractivity contribution in [1.29, 1.82) is 0 Å². The van der Waals surface area contributed by atoms with Crippen LogP contribution in [0.15, 0.2) is 22.8 Å². The van der Waals surface area contributed by atoms with Crippen LogP contribution in [0.2, 0.25) is 0 Å². The molecule has 0 radical (unpaired) electrons. The average Bonchev–Trinajstić information content (AvgIpc) is 2.74. The molecule has 0 unspecified atom stereocenters. The Morgan fingerprint density at radius 2 is 2.12 bits per heavy atom. The topological polar surface area (TPSA) is 29.9 Å². The van der Waals surface area contributed by atoms with Gasteiger partial charge in [-0.2, -0.15) is 5.10 Å². The number of benzene rings is 1. The molecule has 0 atom stereocenters. The van der Waals surface area contributed by atoms with Crippen molar-refractivity contribution in [2.24, 2.45) is 0 Å². The van der Waals surface area contributed by atoms with Crippen LogP contribution in [-0.2, 0) is 0 Å². The zero-order valence-corrected chi connectivity index (χ0v) is 10.9. The van der Waals surface area contributed by atoms with Crippen LogP contribution in [0.1, 0.15) is 18.9 Å². The summed E-state index contributed by atoms with van der Waals surface area (Å²) >= 11 is 3.23. The lowest BCUT2D eigenvalue weighted by molar-refractivity contribution is 0.351. The van der Waals surface area contributed by atoms with Crippen molar-refractivity contribution >= 4 is 26.8 Å². The summed E-state index contributed by atoms with van der Waals surface area (Å²) in [5, 5.41) is 8.60. The van der Waals surface area contributed by atoms with E-state index in [-0.39, 0.29) is 5.82 Å². The molecule has 0 aliphatic carbocycles. The van der Waals surface area contributed by atoms with Gasteiger partial charge in [-0.1, -0.05) is 0 Å². The van der Waals surface area contributed by atoms with Crippen LogP contribution in [0, 0.1) is 5.82 Å². The van der Waals surface area contributed by atoms with Gasteiger partial charge in [0.2, 0.25) is 0 Å². The highest BCUT2D eigenvalue weighted by Crippen LogP contribution is 2.27. The molecule has 0 spiro atoms. The smallest absolute Gasteiger partial charge is 0.138 e. The molecule has 1 fully saturated rings. The van der Waals surface area contributed by atoms with Crippen molar-refractivity contribution in [2.45, 2.75) is 18.9 Å². The Bertz CT molecular complexity index is 546. The van der Waals surface area contributed by atoms with Crippen molar-refractivity contribution < 1.29 is 4.39 Å². The van der Waals surface area contributed by atoms with Crippen LogP contribution >= 0.6 is 15.9 Å². The van der Waals surface area contributed by atoms with Gasteiger partial charge in [0.05, 0.1) is 22.2 Å². The van der Waals surface area contributed by atoms with Crippen molar-refractivity contribution in [1.82, 2.24) is 15.1 Å². The van der Waals surface area contributed by atoms with Gasteiger partial charge in [-0.25, -0.2) is 4.39 Å². The highest BCUT2D eigenvalue weighted by Gasteiger charge is 2.18. The predicted octanol–water partition coefficient (Wildman–Crippen LogP) is 2.86. The minimum Gasteiger partial charge on any atom is -0.317 e. The molecule has 3 rings (SSSR count). The summed E-state index contributed by atoms with van der Waals surface area (Å²) in [6, 6.07) is 3.77. The monoisotopic (exact) mass is 297 g/mol. The minimum absolute atomic E-state index is 0.234. The first-order valence-corrected chi connectivity index (χ1v) is 6.58. The van der Waals surface area contributed by atoms with Crippen LogP contribution in [0.3, 0.4) is 0 Å². The maximum absolute atomic E-state index is 13.4. The van der Waals surface area contributed by atoms with Gasteiger partial charge in [0, 0.05) is 5.39 Å². The number of aromatic nitrogens is 2. The maximum Gasteiger partial charge on any atom is 0.138 e. The molecule has 2 aromatic rings. The standard InChI is InChI=1S/C12H13BrFN3/c13-10-6-12-8(5-11(10)14)7-16-17(12)9-1-3-15-4-2-9/h5-7,9,15H,1-4H2. The first kappa shape index (κ1) is 11.2. The summed E-state index contributed by atoms with van der Waals surface area (Å²) in [5.41, 5.74) is 1.00. The van der Waals surface area contributed by atoms with Crippen molar-refractivity contribution in [3.63, 3.8) is 0 Å². The average molecular weight is 298 g/mol. The third-order valence-electron chi connectivity index (χ3n) is 3.29. The van der Waals surface area contributed by atoms with Gasteiger partial charge in [0.15, 0.2) is 0 Å². The number of hydrogen-bond donors (Lipinski definition) is 1. The fourth-order valence-electron chi connectivity index (χ4n) is 2.38. The van der Waals surface area contributed by atoms with Gasteiger partial charge >= 0.3 is 0 Å². The zero-order valence-electron chi connectivity index (χ0n) is 9.29. The molecule has 0 amide bonds. The molecule has 3 nitrogen and oxygen atoms in total. The molecule has 17 heavy (non-hydrogen) atoms. The van der Waals surface area contributed by atoms with E-state index < -0.39 is 0 Å². The van der Waals surface area contributed by atoms with Gasteiger partial charge in [-0.05, 0) is 54.0 Å². The van der Waals surface area contributed by atoms with Gasteiger partial charge in [0.25, 0.3) is 0 Å². The van der Waals surface area contributed by atoms with E-state index in [2.05, 4.69) is 26.3 Å². The second-order valence-corrected chi connectivity index (χ2v) is 5.25.